The van der Waals surface area contributed by atoms with Crippen molar-refractivity contribution in [1.29, 1.82) is 0 Å². The molecule has 0 aromatic carbocycles. The van der Waals surface area contributed by atoms with E-state index < -0.39 is 15.4 Å². The molecule has 1 aliphatic carbocycles. The number of rotatable bonds is 3. The summed E-state index contributed by atoms with van der Waals surface area (Å²) in [6.07, 6.45) is 0. The molecule has 1 aromatic heterocycles. The molecule has 9 heteroatoms. The molecule has 3 N–H and O–H groups in total. The van der Waals surface area contributed by atoms with Crippen LogP contribution in [0.5, 0.6) is 0 Å². The molecular formula is C10H16N4O3S2. The van der Waals surface area contributed by atoms with Crippen molar-refractivity contribution >= 4 is 32.4 Å². The Bertz CT molecular complexity index is 637. The van der Waals surface area contributed by atoms with Crippen molar-refractivity contribution in [2.75, 3.05) is 5.32 Å². The van der Waals surface area contributed by atoms with Crippen LogP contribution in [0.4, 0.5) is 5.13 Å². The van der Waals surface area contributed by atoms with E-state index in [0.717, 1.165) is 11.3 Å². The fourth-order valence-corrected chi connectivity index (χ4v) is 3.69. The van der Waals surface area contributed by atoms with Crippen LogP contribution in [-0.4, -0.2) is 24.5 Å². The first kappa shape index (κ1) is 14.4. The predicted molar refractivity (Wildman–Crippen MR) is 71.0 cm³/mol. The van der Waals surface area contributed by atoms with E-state index in [9.17, 15) is 13.2 Å². The number of aromatic nitrogens is 2. The monoisotopic (exact) mass is 304 g/mol. The zero-order valence-electron chi connectivity index (χ0n) is 11.1. The molecule has 1 saturated carbocycles. The summed E-state index contributed by atoms with van der Waals surface area (Å²) in [5.41, 5.74) is -0.578. The number of primary sulfonamides is 1. The van der Waals surface area contributed by atoms with Crippen LogP contribution < -0.4 is 10.5 Å². The first-order valence-electron chi connectivity index (χ1n) is 5.69. The number of anilines is 1. The van der Waals surface area contributed by atoms with Gasteiger partial charge in [0.05, 0.1) is 5.41 Å². The van der Waals surface area contributed by atoms with Gasteiger partial charge in [-0.3, -0.25) is 10.1 Å². The fraction of sp³-hybridized carbons (Fsp3) is 0.700. The van der Waals surface area contributed by atoms with Gasteiger partial charge in [-0.15, -0.1) is 10.2 Å². The van der Waals surface area contributed by atoms with Crippen molar-refractivity contribution < 1.29 is 13.2 Å². The third-order valence-electron chi connectivity index (χ3n) is 4.55. The largest absolute Gasteiger partial charge is 0.300 e. The number of nitrogens with one attached hydrogen (secondary N) is 1. The van der Waals surface area contributed by atoms with E-state index in [-0.39, 0.29) is 26.7 Å². The zero-order chi connectivity index (χ0) is 14.6. The van der Waals surface area contributed by atoms with Crippen LogP contribution in [0, 0.1) is 16.7 Å². The molecule has 0 bridgehead atoms. The van der Waals surface area contributed by atoms with Crippen LogP contribution in [0.25, 0.3) is 0 Å². The van der Waals surface area contributed by atoms with Gasteiger partial charge in [0.2, 0.25) is 15.4 Å². The van der Waals surface area contributed by atoms with Gasteiger partial charge in [0.15, 0.2) is 0 Å². The highest BCUT2D eigenvalue weighted by atomic mass is 32.2. The summed E-state index contributed by atoms with van der Waals surface area (Å²) in [6.45, 7) is 7.93. The van der Waals surface area contributed by atoms with Crippen molar-refractivity contribution in [2.24, 2.45) is 21.9 Å². The first-order valence-corrected chi connectivity index (χ1v) is 8.05. The molecular weight excluding hydrogens is 288 g/mol. The molecule has 106 valence electrons. The topological polar surface area (TPSA) is 115 Å². The second kappa shape index (κ2) is 3.97. The van der Waals surface area contributed by atoms with Gasteiger partial charge < -0.3 is 0 Å². The minimum Gasteiger partial charge on any atom is -0.300 e. The number of nitrogens with zero attached hydrogens (tertiary/aromatic N) is 2. The summed E-state index contributed by atoms with van der Waals surface area (Å²) in [5, 5.41) is 14.7. The van der Waals surface area contributed by atoms with Crippen molar-refractivity contribution in [3.8, 4) is 0 Å². The lowest BCUT2D eigenvalue weighted by molar-refractivity contribution is -0.121. The first-order chi connectivity index (χ1) is 8.51. The number of sulfonamides is 1. The van der Waals surface area contributed by atoms with Crippen LogP contribution in [-0.2, 0) is 14.8 Å². The molecule has 2 atom stereocenters. The number of amides is 1. The lowest BCUT2D eigenvalue weighted by Gasteiger charge is -2.12. The minimum atomic E-state index is -3.88. The van der Waals surface area contributed by atoms with Crippen molar-refractivity contribution in [3.63, 3.8) is 0 Å². The lowest BCUT2D eigenvalue weighted by atomic mass is 9.97. The van der Waals surface area contributed by atoms with Gasteiger partial charge in [0, 0.05) is 0 Å². The Hall–Kier alpha value is -1.06. The number of hydrogen-bond acceptors (Lipinski definition) is 6. The average Bonchev–Trinajstić information content (AvgIpc) is 2.70. The number of hydrogen-bond donors (Lipinski definition) is 2. The standard InChI is InChI=1S/C10H16N4O3S2/c1-5-9(2,3)10(5,4)6(15)12-7-13-14-8(18-7)19(11,16)17/h5H,1-4H3,(H2,11,16,17)(H,12,13,15). The van der Waals surface area contributed by atoms with E-state index in [0.29, 0.717) is 0 Å². The molecule has 1 aliphatic rings. The van der Waals surface area contributed by atoms with Crippen LogP contribution in [0.15, 0.2) is 4.34 Å². The summed E-state index contributed by atoms with van der Waals surface area (Å²) in [7, 11) is -3.88. The van der Waals surface area contributed by atoms with Crippen molar-refractivity contribution in [1.82, 2.24) is 10.2 Å². The Balaban J connectivity index is 2.16. The Morgan fingerprint density at radius 3 is 2.26 bits per heavy atom. The molecule has 1 heterocycles. The highest BCUT2D eigenvalue weighted by Crippen LogP contribution is 2.68. The van der Waals surface area contributed by atoms with Gasteiger partial charge in [-0.05, 0) is 18.3 Å². The summed E-state index contributed by atoms with van der Waals surface area (Å²) < 4.78 is 21.8. The Labute approximate surface area is 115 Å². The van der Waals surface area contributed by atoms with Crippen LogP contribution >= 0.6 is 11.3 Å². The van der Waals surface area contributed by atoms with Gasteiger partial charge >= 0.3 is 0 Å². The maximum absolute atomic E-state index is 12.2. The molecule has 0 radical (unpaired) electrons. The summed E-state index contributed by atoms with van der Waals surface area (Å²) in [5.74, 6) is 0.0627. The van der Waals surface area contributed by atoms with E-state index in [2.05, 4.69) is 15.5 Å². The summed E-state index contributed by atoms with van der Waals surface area (Å²) in [4.78, 5) is 12.2. The normalized spacial score (nSPS) is 29.0. The van der Waals surface area contributed by atoms with E-state index in [1.54, 1.807) is 0 Å². The second-order valence-electron chi connectivity index (χ2n) is 5.52. The Kier molecular flexibility index (Phi) is 3.00. The van der Waals surface area contributed by atoms with Crippen molar-refractivity contribution in [3.05, 3.63) is 0 Å². The number of carbonyl (C=O) groups is 1. The zero-order valence-corrected chi connectivity index (χ0v) is 12.7. The molecule has 1 fully saturated rings. The fourth-order valence-electron chi connectivity index (χ4n) is 2.37. The minimum absolute atomic E-state index is 0.0927. The molecule has 2 unspecified atom stereocenters. The molecule has 0 spiro atoms. The predicted octanol–water partition coefficient (Wildman–Crippen LogP) is 0.806. The molecule has 0 saturated heterocycles. The van der Waals surface area contributed by atoms with Gasteiger partial charge in [0.25, 0.3) is 10.0 Å². The van der Waals surface area contributed by atoms with Crippen LogP contribution in [0.3, 0.4) is 0 Å². The van der Waals surface area contributed by atoms with E-state index in [4.69, 9.17) is 5.14 Å². The van der Waals surface area contributed by atoms with E-state index >= 15 is 0 Å². The van der Waals surface area contributed by atoms with Crippen LogP contribution in [0.2, 0.25) is 0 Å². The maximum atomic E-state index is 12.2. The maximum Gasteiger partial charge on any atom is 0.267 e. The Morgan fingerprint density at radius 2 is 1.89 bits per heavy atom. The third-order valence-corrected chi connectivity index (χ3v) is 6.69. The van der Waals surface area contributed by atoms with Gasteiger partial charge in [-0.1, -0.05) is 32.1 Å². The summed E-state index contributed by atoms with van der Waals surface area (Å²) >= 11 is 0.746. The molecule has 7 nitrogen and oxygen atoms in total. The van der Waals surface area contributed by atoms with Gasteiger partial charge in [-0.25, -0.2) is 13.6 Å². The summed E-state index contributed by atoms with van der Waals surface area (Å²) in [6, 6.07) is 0. The molecule has 0 aliphatic heterocycles. The van der Waals surface area contributed by atoms with Crippen molar-refractivity contribution in [2.45, 2.75) is 32.0 Å². The Morgan fingerprint density at radius 1 is 1.37 bits per heavy atom. The van der Waals surface area contributed by atoms with E-state index in [1.807, 2.05) is 27.7 Å². The molecule has 1 aromatic rings. The lowest BCUT2D eigenvalue weighted by Crippen LogP contribution is -2.26. The van der Waals surface area contributed by atoms with Gasteiger partial charge in [-0.2, -0.15) is 0 Å². The molecule has 19 heavy (non-hydrogen) atoms. The number of nitrogens with two attached hydrogens (primary N) is 1. The SMILES string of the molecule is CC1C(C)(C)C1(C)C(=O)Nc1nnc(S(N)(=O)=O)s1. The third kappa shape index (κ3) is 2.05. The molecule has 2 rings (SSSR count). The number of carbonyl (C=O) groups excluding carboxylic acids is 1. The molecule has 1 amide bonds. The van der Waals surface area contributed by atoms with E-state index in [1.165, 1.54) is 0 Å². The highest BCUT2D eigenvalue weighted by molar-refractivity contribution is 7.91. The highest BCUT2D eigenvalue weighted by Gasteiger charge is 2.69. The second-order valence-corrected chi connectivity index (χ2v) is 8.23. The average molecular weight is 304 g/mol. The quantitative estimate of drug-likeness (QED) is 0.802. The van der Waals surface area contributed by atoms with Gasteiger partial charge in [0.1, 0.15) is 0 Å². The smallest absolute Gasteiger partial charge is 0.267 e. The van der Waals surface area contributed by atoms with Crippen LogP contribution in [0.1, 0.15) is 27.7 Å².